The van der Waals surface area contributed by atoms with Crippen molar-refractivity contribution in [2.45, 2.75) is 95.9 Å². The molecule has 1 atom stereocenters. The molecule has 3 nitrogen and oxygen atoms in total. The first kappa shape index (κ1) is 23.6. The molecule has 0 bridgehead atoms. The maximum Gasteiger partial charge on any atom is 0.508 e. The highest BCUT2D eigenvalue weighted by molar-refractivity contribution is 6.63. The van der Waals surface area contributed by atoms with Gasteiger partial charge in [-0.15, -0.1) is 0 Å². The number of allylic oxidation sites excluding steroid dienone is 4. The lowest BCUT2D eigenvalue weighted by molar-refractivity contribution is 0.114. The molecule has 1 aliphatic rings. The van der Waals surface area contributed by atoms with Crippen molar-refractivity contribution in [2.24, 2.45) is 0 Å². The Labute approximate surface area is 163 Å². The molecule has 0 heterocycles. The van der Waals surface area contributed by atoms with E-state index in [-0.39, 0.29) is 5.54 Å². The monoisotopic (exact) mass is 382 g/mol. The van der Waals surface area contributed by atoms with E-state index in [1.165, 1.54) is 76.2 Å². The van der Waals surface area contributed by atoms with Crippen LogP contribution in [0, 0.1) is 0 Å². The van der Waals surface area contributed by atoms with E-state index in [2.05, 4.69) is 25.2 Å². The van der Waals surface area contributed by atoms with Gasteiger partial charge in [-0.1, -0.05) is 95.8 Å². The van der Waals surface area contributed by atoms with E-state index >= 15 is 0 Å². The summed E-state index contributed by atoms with van der Waals surface area (Å²) in [6, 6.07) is 0. The van der Waals surface area contributed by atoms with Crippen LogP contribution >= 0.6 is 0 Å². The van der Waals surface area contributed by atoms with Crippen molar-refractivity contribution in [3.05, 3.63) is 23.8 Å². The fourth-order valence-corrected chi connectivity index (χ4v) is 6.51. The minimum Gasteiger partial charge on any atom is -0.376 e. The summed E-state index contributed by atoms with van der Waals surface area (Å²) >= 11 is 0. The molecule has 0 N–H and O–H groups in total. The Morgan fingerprint density at radius 1 is 0.808 bits per heavy atom. The molecule has 0 spiro atoms. The first-order chi connectivity index (χ1) is 12.7. The Bertz CT molecular complexity index is 394. The number of hydrogen-bond donors (Lipinski definition) is 0. The molecule has 152 valence electrons. The Morgan fingerprint density at radius 2 is 1.31 bits per heavy atom. The molecule has 0 aliphatic heterocycles. The quantitative estimate of drug-likeness (QED) is 0.204. The van der Waals surface area contributed by atoms with E-state index < -0.39 is 8.80 Å². The van der Waals surface area contributed by atoms with Crippen LogP contribution in [0.25, 0.3) is 0 Å². The normalized spacial score (nSPS) is 15.5. The Morgan fingerprint density at radius 3 is 1.73 bits per heavy atom. The summed E-state index contributed by atoms with van der Waals surface area (Å²) in [5, 5.41) is 0. The zero-order chi connectivity index (χ0) is 19.1. The van der Waals surface area contributed by atoms with Crippen LogP contribution in [-0.4, -0.2) is 30.1 Å². The number of rotatable bonds is 17. The lowest BCUT2D eigenvalue weighted by Crippen LogP contribution is -2.48. The molecule has 4 heteroatoms. The Hall–Kier alpha value is -0.423. The first-order valence-electron chi connectivity index (χ1n) is 10.8. The third-order valence-electron chi connectivity index (χ3n) is 5.58. The van der Waals surface area contributed by atoms with E-state index in [1.54, 1.807) is 21.3 Å². The van der Waals surface area contributed by atoms with Crippen LogP contribution < -0.4 is 0 Å². The van der Waals surface area contributed by atoms with Gasteiger partial charge in [-0.3, -0.25) is 0 Å². The van der Waals surface area contributed by atoms with Crippen LogP contribution in [0.1, 0.15) is 90.4 Å². The second-order valence-electron chi connectivity index (χ2n) is 7.43. The van der Waals surface area contributed by atoms with Gasteiger partial charge in [-0.25, -0.2) is 0 Å². The average molecular weight is 383 g/mol. The Kier molecular flexibility index (Phi) is 13.3. The molecule has 1 rings (SSSR count). The summed E-state index contributed by atoms with van der Waals surface area (Å²) in [5.74, 6) is 0. The molecule has 1 aliphatic carbocycles. The topological polar surface area (TPSA) is 27.7 Å². The van der Waals surface area contributed by atoms with Crippen molar-refractivity contribution in [2.75, 3.05) is 21.3 Å². The summed E-state index contributed by atoms with van der Waals surface area (Å²) in [7, 11) is 2.56. The molecular formula is C22H42O3Si. The SMILES string of the molecule is CCCCCCCCCCCCCC(C1=CCC=C1)[Si](OC)(OC)OC. The van der Waals surface area contributed by atoms with Gasteiger partial charge in [0.1, 0.15) is 0 Å². The van der Waals surface area contributed by atoms with Crippen molar-refractivity contribution in [3.63, 3.8) is 0 Å². The van der Waals surface area contributed by atoms with Crippen molar-refractivity contribution >= 4 is 8.80 Å². The predicted molar refractivity (Wildman–Crippen MR) is 113 cm³/mol. The van der Waals surface area contributed by atoms with Gasteiger partial charge in [-0.05, 0) is 18.4 Å². The van der Waals surface area contributed by atoms with Gasteiger partial charge in [0.05, 0.1) is 5.54 Å². The highest BCUT2D eigenvalue weighted by Crippen LogP contribution is 2.38. The highest BCUT2D eigenvalue weighted by Gasteiger charge is 2.48. The van der Waals surface area contributed by atoms with Crippen LogP contribution in [0.3, 0.4) is 0 Å². The predicted octanol–water partition coefficient (Wildman–Crippen LogP) is 6.82. The lowest BCUT2D eigenvalue weighted by atomic mass is 10.0. The van der Waals surface area contributed by atoms with Gasteiger partial charge in [0.2, 0.25) is 0 Å². The van der Waals surface area contributed by atoms with Crippen LogP contribution in [0.4, 0.5) is 0 Å². The minimum atomic E-state index is -2.63. The average Bonchev–Trinajstić information content (AvgIpc) is 3.20. The van der Waals surface area contributed by atoms with Gasteiger partial charge < -0.3 is 13.3 Å². The van der Waals surface area contributed by atoms with E-state index in [0.29, 0.717) is 0 Å². The highest BCUT2D eigenvalue weighted by atomic mass is 28.4. The zero-order valence-electron chi connectivity index (χ0n) is 17.7. The fourth-order valence-electron chi connectivity index (χ4n) is 3.97. The second-order valence-corrected chi connectivity index (χ2v) is 10.6. The van der Waals surface area contributed by atoms with Crippen molar-refractivity contribution in [3.8, 4) is 0 Å². The third kappa shape index (κ3) is 8.08. The lowest BCUT2D eigenvalue weighted by Gasteiger charge is -2.33. The molecule has 0 fully saturated rings. The first-order valence-corrected chi connectivity index (χ1v) is 12.6. The maximum absolute atomic E-state index is 5.78. The van der Waals surface area contributed by atoms with E-state index in [4.69, 9.17) is 13.3 Å². The standard InChI is InChI=1S/C22H42O3Si/c1-5-6-7-8-9-10-11-12-13-14-15-20-22(21-18-16-17-19-21)26(23-2,24-3)25-4/h16,18-19,22H,5-15,17,20H2,1-4H3. The molecule has 0 amide bonds. The molecule has 0 saturated carbocycles. The molecule has 0 aromatic carbocycles. The summed E-state index contributed by atoms with van der Waals surface area (Å²) in [6.45, 7) is 2.28. The second kappa shape index (κ2) is 14.6. The van der Waals surface area contributed by atoms with E-state index in [1.807, 2.05) is 0 Å². The largest absolute Gasteiger partial charge is 0.508 e. The number of unbranched alkanes of at least 4 members (excludes halogenated alkanes) is 10. The molecule has 0 aromatic rings. The van der Waals surface area contributed by atoms with Gasteiger partial charge in [-0.2, -0.15) is 0 Å². The van der Waals surface area contributed by atoms with Crippen molar-refractivity contribution < 1.29 is 13.3 Å². The van der Waals surface area contributed by atoms with E-state index in [0.717, 1.165) is 12.8 Å². The summed E-state index contributed by atoms with van der Waals surface area (Å²) < 4.78 is 17.3. The van der Waals surface area contributed by atoms with Crippen molar-refractivity contribution in [1.82, 2.24) is 0 Å². The van der Waals surface area contributed by atoms with Gasteiger partial charge in [0, 0.05) is 21.3 Å². The Balaban J connectivity index is 2.25. The van der Waals surface area contributed by atoms with Crippen LogP contribution in [0.15, 0.2) is 23.8 Å². The van der Waals surface area contributed by atoms with Crippen LogP contribution in [0.2, 0.25) is 5.54 Å². The molecule has 0 aromatic heterocycles. The number of hydrogen-bond acceptors (Lipinski definition) is 3. The molecule has 1 unspecified atom stereocenters. The molecule has 0 radical (unpaired) electrons. The van der Waals surface area contributed by atoms with Crippen LogP contribution in [-0.2, 0) is 13.3 Å². The van der Waals surface area contributed by atoms with Gasteiger partial charge in [0.15, 0.2) is 0 Å². The maximum atomic E-state index is 5.78. The molecule has 0 saturated heterocycles. The van der Waals surface area contributed by atoms with Gasteiger partial charge in [0.25, 0.3) is 0 Å². The smallest absolute Gasteiger partial charge is 0.376 e. The zero-order valence-corrected chi connectivity index (χ0v) is 18.7. The molecular weight excluding hydrogens is 340 g/mol. The van der Waals surface area contributed by atoms with Crippen molar-refractivity contribution in [1.29, 1.82) is 0 Å². The summed E-state index contributed by atoms with van der Waals surface area (Å²) in [6.07, 6.45) is 23.9. The van der Waals surface area contributed by atoms with Gasteiger partial charge >= 0.3 is 8.80 Å². The third-order valence-corrected chi connectivity index (χ3v) is 8.76. The summed E-state index contributed by atoms with van der Waals surface area (Å²) in [4.78, 5) is 0. The fraction of sp³-hybridized carbons (Fsp3) is 0.818. The summed E-state index contributed by atoms with van der Waals surface area (Å²) in [5.41, 5.74) is 1.61. The molecule has 26 heavy (non-hydrogen) atoms. The minimum absolute atomic E-state index is 0.264. The van der Waals surface area contributed by atoms with E-state index in [9.17, 15) is 0 Å². The van der Waals surface area contributed by atoms with Crippen LogP contribution in [0.5, 0.6) is 0 Å².